The molecule has 5 rings (SSSR count). The lowest BCUT2D eigenvalue weighted by atomic mass is 10.1. The Kier molecular flexibility index (Phi) is 8.37. The maximum Gasteiger partial charge on any atom is 0.250 e. The van der Waals surface area contributed by atoms with Gasteiger partial charge in [0.1, 0.15) is 11.9 Å². The van der Waals surface area contributed by atoms with Crippen molar-refractivity contribution in [2.45, 2.75) is 64.2 Å². The van der Waals surface area contributed by atoms with Crippen molar-refractivity contribution in [2.75, 3.05) is 19.6 Å². The van der Waals surface area contributed by atoms with Crippen LogP contribution in [-0.2, 0) is 27.5 Å². The lowest BCUT2D eigenvalue weighted by molar-refractivity contribution is -0.139. The first-order chi connectivity index (χ1) is 19.4. The van der Waals surface area contributed by atoms with E-state index in [2.05, 4.69) is 5.32 Å². The molecule has 0 bridgehead atoms. The zero-order valence-corrected chi connectivity index (χ0v) is 22.7. The van der Waals surface area contributed by atoms with Gasteiger partial charge in [-0.15, -0.1) is 0 Å². The number of hydrogen-bond acceptors (Lipinski definition) is 6. The van der Waals surface area contributed by atoms with Crippen LogP contribution in [0.5, 0.6) is 0 Å². The topological polar surface area (TPSA) is 122 Å². The van der Waals surface area contributed by atoms with Crippen LogP contribution in [-0.4, -0.2) is 72.5 Å². The fraction of sp³-hybridized carbons (Fsp3) is 0.448. The predicted octanol–water partition coefficient (Wildman–Crippen LogP) is 1.99. The summed E-state index contributed by atoms with van der Waals surface area (Å²) in [5.74, 6) is 0.781. The molecule has 11 heteroatoms. The van der Waals surface area contributed by atoms with Crippen molar-refractivity contribution in [3.05, 3.63) is 70.9 Å². The van der Waals surface area contributed by atoms with Crippen LogP contribution in [0, 0.1) is 0 Å². The Hall–Kier alpha value is -4.28. The molecular weight excluding hydrogens is 510 g/mol. The van der Waals surface area contributed by atoms with E-state index in [0.29, 0.717) is 50.7 Å². The van der Waals surface area contributed by atoms with Gasteiger partial charge in [-0.3, -0.25) is 19.2 Å². The zero-order valence-electron chi connectivity index (χ0n) is 22.7. The molecule has 4 heterocycles. The molecule has 1 fully saturated rings. The van der Waals surface area contributed by atoms with E-state index in [0.717, 1.165) is 12.0 Å². The van der Waals surface area contributed by atoms with E-state index in [1.54, 1.807) is 32.8 Å². The highest BCUT2D eigenvalue weighted by atomic mass is 16.2. The fourth-order valence-electron chi connectivity index (χ4n) is 5.42. The first-order valence-corrected chi connectivity index (χ1v) is 13.9. The third kappa shape index (κ3) is 6.13. The molecule has 2 aromatic heterocycles. The van der Waals surface area contributed by atoms with E-state index in [9.17, 15) is 19.2 Å². The summed E-state index contributed by atoms with van der Waals surface area (Å²) in [4.78, 5) is 59.9. The molecule has 1 aromatic carbocycles. The summed E-state index contributed by atoms with van der Waals surface area (Å²) >= 11 is 0. The number of amides is 3. The van der Waals surface area contributed by atoms with Gasteiger partial charge >= 0.3 is 0 Å². The molecule has 3 aromatic rings. The van der Waals surface area contributed by atoms with Gasteiger partial charge in [-0.2, -0.15) is 5.10 Å². The number of aryl methyl sites for hydroxylation is 1. The second-order valence-corrected chi connectivity index (χ2v) is 10.3. The van der Waals surface area contributed by atoms with Crippen LogP contribution < -0.4 is 10.9 Å². The predicted molar refractivity (Wildman–Crippen MR) is 148 cm³/mol. The summed E-state index contributed by atoms with van der Waals surface area (Å²) in [6, 6.07) is 13.6. The summed E-state index contributed by atoms with van der Waals surface area (Å²) in [5, 5.41) is 7.81. The van der Waals surface area contributed by atoms with E-state index < -0.39 is 12.1 Å². The molecule has 2 aliphatic heterocycles. The minimum absolute atomic E-state index is 0.0693. The quantitative estimate of drug-likeness (QED) is 0.535. The molecular formula is C29H35N7O4. The van der Waals surface area contributed by atoms with Crippen LogP contribution in [0.25, 0.3) is 11.4 Å². The molecule has 0 radical (unpaired) electrons. The number of nitrogens with zero attached hydrogens (tertiary/aromatic N) is 6. The van der Waals surface area contributed by atoms with Crippen molar-refractivity contribution in [1.82, 2.24) is 34.4 Å². The third-order valence-electron chi connectivity index (χ3n) is 7.57. The summed E-state index contributed by atoms with van der Waals surface area (Å²) in [5.41, 5.74) is 0.701. The maximum atomic E-state index is 13.3. The van der Waals surface area contributed by atoms with Crippen molar-refractivity contribution < 1.29 is 14.4 Å². The number of carbonyl (C=O) groups is 3. The van der Waals surface area contributed by atoms with Crippen LogP contribution in [0.15, 0.2) is 59.5 Å². The van der Waals surface area contributed by atoms with Gasteiger partial charge in [0.25, 0.3) is 5.56 Å². The Balaban J connectivity index is 1.41. The Bertz CT molecular complexity index is 1420. The van der Waals surface area contributed by atoms with Gasteiger partial charge < -0.3 is 19.7 Å². The summed E-state index contributed by atoms with van der Waals surface area (Å²) < 4.78 is 3.28. The van der Waals surface area contributed by atoms with Gasteiger partial charge in [0.2, 0.25) is 17.7 Å². The number of pyridine rings is 1. The largest absolute Gasteiger partial charge is 0.345 e. The highest BCUT2D eigenvalue weighted by Crippen LogP contribution is 2.23. The van der Waals surface area contributed by atoms with Crippen molar-refractivity contribution in [2.24, 2.45) is 0 Å². The number of rotatable bonds is 4. The molecule has 2 aliphatic rings. The van der Waals surface area contributed by atoms with Crippen molar-refractivity contribution >= 4 is 17.7 Å². The first-order valence-electron chi connectivity index (χ1n) is 13.9. The van der Waals surface area contributed by atoms with Crippen LogP contribution in [0.4, 0.5) is 0 Å². The second kappa shape index (κ2) is 12.3. The monoisotopic (exact) mass is 545 g/mol. The number of benzene rings is 1. The Morgan fingerprint density at radius 2 is 1.77 bits per heavy atom. The van der Waals surface area contributed by atoms with E-state index in [1.165, 1.54) is 10.6 Å². The number of aromatic nitrogens is 4. The van der Waals surface area contributed by atoms with Crippen LogP contribution >= 0.6 is 0 Å². The molecule has 210 valence electrons. The van der Waals surface area contributed by atoms with Gasteiger partial charge in [-0.1, -0.05) is 36.4 Å². The minimum atomic E-state index is -0.509. The molecule has 11 nitrogen and oxygen atoms in total. The van der Waals surface area contributed by atoms with Crippen molar-refractivity contribution in [1.29, 1.82) is 0 Å². The number of fused-ring (bicyclic) bond motifs is 2. The Morgan fingerprint density at radius 3 is 2.58 bits per heavy atom. The highest BCUT2D eigenvalue weighted by molar-refractivity contribution is 5.88. The first kappa shape index (κ1) is 27.3. The lowest BCUT2D eigenvalue weighted by Crippen LogP contribution is -2.47. The lowest BCUT2D eigenvalue weighted by Gasteiger charge is -2.28. The van der Waals surface area contributed by atoms with E-state index in [1.807, 2.05) is 37.3 Å². The molecule has 40 heavy (non-hydrogen) atoms. The molecule has 0 unspecified atom stereocenters. The smallest absolute Gasteiger partial charge is 0.250 e. The van der Waals surface area contributed by atoms with E-state index >= 15 is 0 Å². The van der Waals surface area contributed by atoms with Crippen molar-refractivity contribution in [3.8, 4) is 11.4 Å². The number of carbonyl (C=O) groups excluding carboxylic acids is 3. The van der Waals surface area contributed by atoms with E-state index in [-0.39, 0.29) is 42.7 Å². The summed E-state index contributed by atoms with van der Waals surface area (Å²) in [6.07, 6.45) is 3.97. The maximum absolute atomic E-state index is 13.3. The van der Waals surface area contributed by atoms with E-state index in [4.69, 9.17) is 10.1 Å². The molecule has 0 spiro atoms. The third-order valence-corrected chi connectivity index (χ3v) is 7.57. The standard InChI is InChI=1S/C29H35N7O4/c1-21-28-31-27(22-9-3-2-4-10-22)32-36(28)20-19-34(25(38)14-18-33-15-6-5-12-24(33)37)16-8-13-26(39)35-17-7-11-23(35)29(40)30-21/h2-6,9-10,12,15,21,23H,7-8,11,13-14,16-20H2,1H3,(H,30,40)/t21-,23-/m0/s1. The van der Waals surface area contributed by atoms with Crippen LogP contribution in [0.1, 0.15) is 50.9 Å². The van der Waals surface area contributed by atoms with Gasteiger partial charge in [0.05, 0.1) is 12.6 Å². The second-order valence-electron chi connectivity index (χ2n) is 10.3. The van der Waals surface area contributed by atoms with Crippen LogP contribution in [0.3, 0.4) is 0 Å². The summed E-state index contributed by atoms with van der Waals surface area (Å²) in [7, 11) is 0. The van der Waals surface area contributed by atoms with Gasteiger partial charge in [0, 0.05) is 56.8 Å². The Labute approximate surface area is 232 Å². The molecule has 0 aliphatic carbocycles. The highest BCUT2D eigenvalue weighted by Gasteiger charge is 2.35. The SMILES string of the molecule is C[C@@H]1NC(=O)[C@@H]2CCCN2C(=O)CCCN(C(=O)CCn2ccccc2=O)CCn2nc(-c3ccccc3)nc21. The van der Waals surface area contributed by atoms with Gasteiger partial charge in [-0.05, 0) is 32.3 Å². The molecule has 1 saturated heterocycles. The Morgan fingerprint density at radius 1 is 0.975 bits per heavy atom. The zero-order chi connectivity index (χ0) is 28.1. The number of hydrogen-bond donors (Lipinski definition) is 1. The average Bonchev–Trinajstić information content (AvgIpc) is 3.62. The number of nitrogens with one attached hydrogen (secondary N) is 1. The molecule has 1 N–H and O–H groups in total. The fourth-order valence-corrected chi connectivity index (χ4v) is 5.42. The molecule has 2 atom stereocenters. The van der Waals surface area contributed by atoms with Gasteiger partial charge in [-0.25, -0.2) is 9.67 Å². The summed E-state index contributed by atoms with van der Waals surface area (Å²) in [6.45, 7) is 3.81. The van der Waals surface area contributed by atoms with Gasteiger partial charge in [0.15, 0.2) is 5.82 Å². The molecule has 0 saturated carbocycles. The average molecular weight is 546 g/mol. The minimum Gasteiger partial charge on any atom is -0.345 e. The molecule has 3 amide bonds. The normalized spacial score (nSPS) is 20.4. The van der Waals surface area contributed by atoms with Crippen molar-refractivity contribution in [3.63, 3.8) is 0 Å². The van der Waals surface area contributed by atoms with Crippen LogP contribution in [0.2, 0.25) is 0 Å².